The van der Waals surface area contributed by atoms with Gasteiger partial charge in [0.1, 0.15) is 0 Å². The van der Waals surface area contributed by atoms with Crippen molar-refractivity contribution in [1.82, 2.24) is 10.2 Å². The molecule has 2 unspecified atom stereocenters. The first-order valence-corrected chi connectivity index (χ1v) is 8.56. The maximum atomic E-state index is 3.59. The molecule has 1 aliphatic rings. The van der Waals surface area contributed by atoms with Gasteiger partial charge < -0.3 is 5.32 Å². The van der Waals surface area contributed by atoms with Crippen LogP contribution in [0.2, 0.25) is 0 Å². The van der Waals surface area contributed by atoms with Crippen LogP contribution in [0.15, 0.2) is 0 Å². The van der Waals surface area contributed by atoms with Gasteiger partial charge in [-0.3, -0.25) is 4.90 Å². The van der Waals surface area contributed by atoms with E-state index in [4.69, 9.17) is 0 Å². The first-order valence-electron chi connectivity index (χ1n) is 8.56. The lowest BCUT2D eigenvalue weighted by Crippen LogP contribution is -2.53. The first-order chi connectivity index (χ1) is 9.13. The average molecular weight is 268 g/mol. The van der Waals surface area contributed by atoms with Gasteiger partial charge in [-0.25, -0.2) is 0 Å². The second-order valence-electron chi connectivity index (χ2n) is 6.69. The van der Waals surface area contributed by atoms with Crippen LogP contribution in [0.1, 0.15) is 72.6 Å². The summed E-state index contributed by atoms with van der Waals surface area (Å²) in [4.78, 5) is 2.86. The number of hydrogen-bond donors (Lipinski definition) is 1. The highest BCUT2D eigenvalue weighted by atomic mass is 15.2. The second-order valence-corrected chi connectivity index (χ2v) is 6.69. The molecule has 0 aliphatic heterocycles. The van der Waals surface area contributed by atoms with E-state index in [9.17, 15) is 0 Å². The summed E-state index contributed by atoms with van der Waals surface area (Å²) in [6.45, 7) is 10.7. The molecule has 0 aromatic carbocycles. The third-order valence-electron chi connectivity index (χ3n) is 4.65. The lowest BCUT2D eigenvalue weighted by atomic mass is 9.96. The Kier molecular flexibility index (Phi) is 8.01. The number of nitrogens with zero attached hydrogens (tertiary/aromatic N) is 1. The van der Waals surface area contributed by atoms with Crippen LogP contribution < -0.4 is 5.32 Å². The number of rotatable bonds is 9. The molecular weight excluding hydrogens is 232 g/mol. The highest BCUT2D eigenvalue weighted by molar-refractivity contribution is 4.89. The largest absolute Gasteiger partial charge is 0.315 e. The van der Waals surface area contributed by atoms with Crippen molar-refractivity contribution in [3.8, 4) is 0 Å². The molecule has 19 heavy (non-hydrogen) atoms. The minimum atomic E-state index is 0.661. The van der Waals surface area contributed by atoms with Gasteiger partial charge >= 0.3 is 0 Å². The molecule has 0 heterocycles. The molecular formula is C17H36N2. The summed E-state index contributed by atoms with van der Waals surface area (Å²) in [7, 11) is 2.14. The Morgan fingerprint density at radius 3 is 2.21 bits per heavy atom. The molecule has 2 atom stereocenters. The Hall–Kier alpha value is -0.0800. The predicted octanol–water partition coefficient (Wildman–Crippen LogP) is 4.05. The Balaban J connectivity index is 2.77. The van der Waals surface area contributed by atoms with Crippen molar-refractivity contribution < 1.29 is 0 Å². The number of nitrogens with one attached hydrogen (secondary N) is 1. The third-order valence-corrected chi connectivity index (χ3v) is 4.65. The Labute approximate surface area is 121 Å². The summed E-state index contributed by atoms with van der Waals surface area (Å²) in [5.74, 6) is 0.772. The van der Waals surface area contributed by atoms with Crippen LogP contribution >= 0.6 is 0 Å². The highest BCUT2D eigenvalue weighted by Crippen LogP contribution is 2.28. The van der Waals surface area contributed by atoms with Gasteiger partial charge in [-0.05, 0) is 38.6 Å². The van der Waals surface area contributed by atoms with E-state index in [1.807, 2.05) is 0 Å². The molecule has 1 saturated carbocycles. The highest BCUT2D eigenvalue weighted by Gasteiger charge is 2.31. The van der Waals surface area contributed by atoms with E-state index in [-0.39, 0.29) is 0 Å². The van der Waals surface area contributed by atoms with Crippen LogP contribution in [0.5, 0.6) is 0 Å². The van der Waals surface area contributed by atoms with Gasteiger partial charge in [0.15, 0.2) is 0 Å². The zero-order valence-electron chi connectivity index (χ0n) is 13.9. The molecule has 0 radical (unpaired) electrons. The number of hydrogen-bond acceptors (Lipinski definition) is 2. The third kappa shape index (κ3) is 5.07. The molecule has 0 aromatic rings. The topological polar surface area (TPSA) is 15.3 Å². The summed E-state index contributed by atoms with van der Waals surface area (Å²) in [6, 6.07) is 2.23. The van der Waals surface area contributed by atoms with Crippen LogP contribution in [-0.2, 0) is 0 Å². The van der Waals surface area contributed by atoms with Crippen LogP contribution in [0.25, 0.3) is 0 Å². The minimum Gasteiger partial charge on any atom is -0.315 e. The van der Waals surface area contributed by atoms with Gasteiger partial charge in [-0.15, -0.1) is 0 Å². The Morgan fingerprint density at radius 2 is 1.79 bits per heavy atom. The molecule has 2 nitrogen and oxygen atoms in total. The van der Waals surface area contributed by atoms with Crippen molar-refractivity contribution in [3.63, 3.8) is 0 Å². The van der Waals surface area contributed by atoms with E-state index >= 15 is 0 Å². The van der Waals surface area contributed by atoms with E-state index in [1.165, 1.54) is 51.5 Å². The molecule has 1 rings (SSSR count). The summed E-state index contributed by atoms with van der Waals surface area (Å²) >= 11 is 0. The number of likely N-dealkylation sites (N-methyl/N-ethyl adjacent to an activating group) is 1. The summed E-state index contributed by atoms with van der Waals surface area (Å²) in [5.41, 5.74) is 0. The van der Waals surface area contributed by atoms with E-state index in [0.717, 1.165) is 18.0 Å². The fourth-order valence-electron chi connectivity index (χ4n) is 3.80. The van der Waals surface area contributed by atoms with Crippen LogP contribution in [0.4, 0.5) is 0 Å². The minimum absolute atomic E-state index is 0.661. The van der Waals surface area contributed by atoms with Crippen LogP contribution in [0, 0.1) is 5.92 Å². The van der Waals surface area contributed by atoms with E-state index in [0.29, 0.717) is 6.04 Å². The summed E-state index contributed by atoms with van der Waals surface area (Å²) in [6.07, 6.45) is 9.58. The van der Waals surface area contributed by atoms with Crippen molar-refractivity contribution in [2.45, 2.75) is 90.8 Å². The van der Waals surface area contributed by atoms with Gasteiger partial charge in [0.2, 0.25) is 0 Å². The normalized spacial score (nSPS) is 20.4. The molecule has 0 spiro atoms. The second kappa shape index (κ2) is 8.97. The van der Waals surface area contributed by atoms with Gasteiger partial charge in [0, 0.05) is 24.7 Å². The zero-order chi connectivity index (χ0) is 14.3. The van der Waals surface area contributed by atoms with Crippen molar-refractivity contribution >= 4 is 0 Å². The smallest absolute Gasteiger partial charge is 0.0249 e. The van der Waals surface area contributed by atoms with E-state index in [2.05, 4.69) is 45.0 Å². The monoisotopic (exact) mass is 268 g/mol. The molecule has 0 saturated heterocycles. The first kappa shape index (κ1) is 17.0. The average Bonchev–Trinajstić information content (AvgIpc) is 2.90. The SMILES string of the molecule is CCCC(NC)C(CC)N(CC(C)C)C1CCCC1. The molecule has 1 aliphatic carbocycles. The van der Waals surface area contributed by atoms with Gasteiger partial charge in [0.25, 0.3) is 0 Å². The van der Waals surface area contributed by atoms with Crippen LogP contribution in [-0.4, -0.2) is 36.6 Å². The standard InChI is InChI=1S/C17H36N2/c1-6-10-16(18-5)17(7-2)19(13-14(3)4)15-11-8-9-12-15/h14-18H,6-13H2,1-5H3. The molecule has 0 amide bonds. The maximum absolute atomic E-state index is 3.59. The summed E-state index contributed by atoms with van der Waals surface area (Å²) in [5, 5.41) is 3.59. The van der Waals surface area contributed by atoms with Crippen molar-refractivity contribution in [2.75, 3.05) is 13.6 Å². The van der Waals surface area contributed by atoms with E-state index in [1.54, 1.807) is 0 Å². The van der Waals surface area contributed by atoms with E-state index < -0.39 is 0 Å². The van der Waals surface area contributed by atoms with Gasteiger partial charge in [0.05, 0.1) is 0 Å². The van der Waals surface area contributed by atoms with Crippen molar-refractivity contribution in [3.05, 3.63) is 0 Å². The Morgan fingerprint density at radius 1 is 1.16 bits per heavy atom. The lowest BCUT2D eigenvalue weighted by molar-refractivity contribution is 0.0872. The van der Waals surface area contributed by atoms with Crippen LogP contribution in [0.3, 0.4) is 0 Å². The molecule has 1 N–H and O–H groups in total. The molecule has 0 aromatic heterocycles. The van der Waals surface area contributed by atoms with Crippen molar-refractivity contribution in [1.29, 1.82) is 0 Å². The zero-order valence-corrected chi connectivity index (χ0v) is 13.9. The fraction of sp³-hybridized carbons (Fsp3) is 1.00. The van der Waals surface area contributed by atoms with Crippen molar-refractivity contribution in [2.24, 2.45) is 5.92 Å². The summed E-state index contributed by atoms with van der Waals surface area (Å²) < 4.78 is 0. The lowest BCUT2D eigenvalue weighted by Gasteiger charge is -2.41. The fourth-order valence-corrected chi connectivity index (χ4v) is 3.80. The van der Waals surface area contributed by atoms with Gasteiger partial charge in [-0.1, -0.05) is 47.0 Å². The molecule has 2 heteroatoms. The predicted molar refractivity (Wildman–Crippen MR) is 85.6 cm³/mol. The molecule has 0 bridgehead atoms. The maximum Gasteiger partial charge on any atom is 0.0249 e. The quantitative estimate of drug-likeness (QED) is 0.678. The molecule has 1 fully saturated rings. The van der Waals surface area contributed by atoms with Gasteiger partial charge in [-0.2, -0.15) is 0 Å². The molecule has 114 valence electrons. The Bertz CT molecular complexity index is 221.